The molecule has 0 aliphatic carbocycles. The number of methoxy groups -OCH3 is 2. The molecule has 4 aromatic heterocycles. The van der Waals surface area contributed by atoms with Crippen LogP contribution in [0.25, 0.3) is 22.4 Å². The summed E-state index contributed by atoms with van der Waals surface area (Å²) in [5.74, 6) is 2.25. The van der Waals surface area contributed by atoms with E-state index in [1.165, 1.54) is 0 Å². The lowest BCUT2D eigenvalue weighted by Crippen LogP contribution is -1.98. The van der Waals surface area contributed by atoms with Crippen molar-refractivity contribution in [1.29, 1.82) is 0 Å². The second-order valence-corrected chi connectivity index (χ2v) is 5.47. The number of nitrogens with zero attached hydrogens (tertiary/aromatic N) is 5. The zero-order valence-electron chi connectivity index (χ0n) is 14.4. The van der Waals surface area contributed by atoms with Gasteiger partial charge in [-0.3, -0.25) is 9.67 Å². The van der Waals surface area contributed by atoms with Gasteiger partial charge in [-0.15, -0.1) is 0 Å². The molecule has 4 heterocycles. The largest absolute Gasteiger partial charge is 0.496 e. The number of hydrogen-bond donors (Lipinski definition) is 1. The summed E-state index contributed by atoms with van der Waals surface area (Å²) in [6, 6.07) is 7.10. The number of hydrogen-bond acceptors (Lipinski definition) is 8. The molecule has 4 aromatic rings. The number of fused-ring (bicyclic) bond motifs is 1. The standard InChI is InChI=1S/C17H16N6O3/c1-23-17-10(9-19-23)13(25-3)8-14(21-17)20-15-7-11(22-26-15)16-12(24-2)5-4-6-18-16/h4-9H,1-3H3,(H,20,21). The summed E-state index contributed by atoms with van der Waals surface area (Å²) >= 11 is 0. The Kier molecular flexibility index (Phi) is 3.88. The lowest BCUT2D eigenvalue weighted by Gasteiger charge is -2.06. The van der Waals surface area contributed by atoms with Crippen LogP contribution in [0.5, 0.6) is 11.5 Å². The summed E-state index contributed by atoms with van der Waals surface area (Å²) in [7, 11) is 5.00. The summed E-state index contributed by atoms with van der Waals surface area (Å²) in [4.78, 5) is 8.83. The molecule has 26 heavy (non-hydrogen) atoms. The fourth-order valence-electron chi connectivity index (χ4n) is 2.64. The second kappa shape index (κ2) is 6.36. The molecule has 0 aliphatic rings. The van der Waals surface area contributed by atoms with Crippen LogP contribution >= 0.6 is 0 Å². The molecule has 4 rings (SSSR count). The molecule has 0 atom stereocenters. The Hall–Kier alpha value is -3.62. The van der Waals surface area contributed by atoms with Crippen molar-refractivity contribution in [2.24, 2.45) is 7.05 Å². The molecule has 132 valence electrons. The van der Waals surface area contributed by atoms with E-state index in [9.17, 15) is 0 Å². The minimum Gasteiger partial charge on any atom is -0.496 e. The topological polar surface area (TPSA) is 100 Å². The zero-order chi connectivity index (χ0) is 18.1. The van der Waals surface area contributed by atoms with Gasteiger partial charge in [-0.1, -0.05) is 5.16 Å². The summed E-state index contributed by atoms with van der Waals surface area (Å²) in [5.41, 5.74) is 1.84. The van der Waals surface area contributed by atoms with Crippen LogP contribution < -0.4 is 14.8 Å². The first-order valence-electron chi connectivity index (χ1n) is 7.79. The van der Waals surface area contributed by atoms with E-state index in [4.69, 9.17) is 14.0 Å². The number of ether oxygens (including phenoxy) is 2. The Bertz CT molecular complexity index is 1070. The van der Waals surface area contributed by atoms with Crippen molar-refractivity contribution in [3.05, 3.63) is 36.7 Å². The minimum atomic E-state index is 0.420. The van der Waals surface area contributed by atoms with E-state index in [0.29, 0.717) is 40.2 Å². The van der Waals surface area contributed by atoms with Crippen LogP contribution in [0, 0.1) is 0 Å². The number of aromatic nitrogens is 5. The third kappa shape index (κ3) is 2.69. The van der Waals surface area contributed by atoms with Crippen molar-refractivity contribution in [3.8, 4) is 22.9 Å². The lowest BCUT2D eigenvalue weighted by atomic mass is 10.2. The van der Waals surface area contributed by atoms with E-state index in [2.05, 4.69) is 25.5 Å². The molecule has 0 fully saturated rings. The maximum atomic E-state index is 5.42. The smallest absolute Gasteiger partial charge is 0.230 e. The van der Waals surface area contributed by atoms with E-state index in [-0.39, 0.29) is 0 Å². The molecule has 0 saturated heterocycles. The summed E-state index contributed by atoms with van der Waals surface area (Å²) < 4.78 is 17.8. The molecule has 1 N–H and O–H groups in total. The Morgan fingerprint density at radius 3 is 2.81 bits per heavy atom. The first-order chi connectivity index (χ1) is 12.7. The maximum absolute atomic E-state index is 5.42. The highest BCUT2D eigenvalue weighted by molar-refractivity contribution is 5.84. The van der Waals surface area contributed by atoms with Crippen LogP contribution in [0.4, 0.5) is 11.7 Å². The molecule has 0 bridgehead atoms. The number of nitrogens with one attached hydrogen (secondary N) is 1. The van der Waals surface area contributed by atoms with Gasteiger partial charge in [-0.05, 0) is 12.1 Å². The van der Waals surface area contributed by atoms with Crippen LogP contribution in [-0.4, -0.2) is 39.1 Å². The highest BCUT2D eigenvalue weighted by Gasteiger charge is 2.15. The highest BCUT2D eigenvalue weighted by atomic mass is 16.5. The fraction of sp³-hybridized carbons (Fsp3) is 0.176. The van der Waals surface area contributed by atoms with Gasteiger partial charge in [0.15, 0.2) is 5.65 Å². The van der Waals surface area contributed by atoms with Crippen LogP contribution in [0.2, 0.25) is 0 Å². The molecule has 9 heteroatoms. The van der Waals surface area contributed by atoms with Crippen molar-refractivity contribution in [1.82, 2.24) is 24.9 Å². The van der Waals surface area contributed by atoms with E-state index >= 15 is 0 Å². The van der Waals surface area contributed by atoms with Crippen LogP contribution in [0.3, 0.4) is 0 Å². The second-order valence-electron chi connectivity index (χ2n) is 5.47. The first kappa shape index (κ1) is 15.9. The number of pyridine rings is 2. The maximum Gasteiger partial charge on any atom is 0.230 e. The summed E-state index contributed by atoms with van der Waals surface area (Å²) in [6.07, 6.45) is 3.38. The molecule has 0 radical (unpaired) electrons. The van der Waals surface area contributed by atoms with Gasteiger partial charge in [0.25, 0.3) is 0 Å². The molecule has 0 unspecified atom stereocenters. The van der Waals surface area contributed by atoms with E-state index in [1.54, 1.807) is 49.5 Å². The van der Waals surface area contributed by atoms with Crippen LogP contribution in [0.1, 0.15) is 0 Å². The van der Waals surface area contributed by atoms with Crippen molar-refractivity contribution in [3.63, 3.8) is 0 Å². The Morgan fingerprint density at radius 2 is 2.00 bits per heavy atom. The Balaban J connectivity index is 1.67. The normalized spacial score (nSPS) is 10.9. The van der Waals surface area contributed by atoms with E-state index in [0.717, 1.165) is 5.39 Å². The molecule has 0 aliphatic heterocycles. The van der Waals surface area contributed by atoms with Gasteiger partial charge >= 0.3 is 0 Å². The first-order valence-corrected chi connectivity index (χ1v) is 7.79. The van der Waals surface area contributed by atoms with Crippen molar-refractivity contribution in [2.45, 2.75) is 0 Å². The van der Waals surface area contributed by atoms with E-state index in [1.807, 2.05) is 13.1 Å². The van der Waals surface area contributed by atoms with E-state index < -0.39 is 0 Å². The molecular formula is C17H16N6O3. The quantitative estimate of drug-likeness (QED) is 0.585. The van der Waals surface area contributed by atoms with Gasteiger partial charge in [0.2, 0.25) is 5.88 Å². The lowest BCUT2D eigenvalue weighted by molar-refractivity contribution is 0.412. The van der Waals surface area contributed by atoms with Gasteiger partial charge < -0.3 is 19.3 Å². The predicted octanol–water partition coefficient (Wildman–Crippen LogP) is 2.78. The highest BCUT2D eigenvalue weighted by Crippen LogP contribution is 2.31. The summed E-state index contributed by atoms with van der Waals surface area (Å²) in [6.45, 7) is 0. The van der Waals surface area contributed by atoms with Crippen molar-refractivity contribution in [2.75, 3.05) is 19.5 Å². The summed E-state index contributed by atoms with van der Waals surface area (Å²) in [5, 5.41) is 12.2. The van der Waals surface area contributed by atoms with Gasteiger partial charge in [0.05, 0.1) is 25.8 Å². The van der Waals surface area contributed by atoms with Crippen LogP contribution in [0.15, 0.2) is 41.2 Å². The third-order valence-corrected chi connectivity index (χ3v) is 3.88. The Labute approximate surface area is 148 Å². The average Bonchev–Trinajstić information content (AvgIpc) is 3.28. The molecule has 0 amide bonds. The zero-order valence-corrected chi connectivity index (χ0v) is 14.4. The minimum absolute atomic E-state index is 0.420. The van der Waals surface area contributed by atoms with Gasteiger partial charge in [-0.25, -0.2) is 4.98 Å². The van der Waals surface area contributed by atoms with Gasteiger partial charge in [0.1, 0.15) is 28.7 Å². The molecule has 0 aromatic carbocycles. The molecule has 9 nitrogen and oxygen atoms in total. The Morgan fingerprint density at radius 1 is 1.15 bits per heavy atom. The van der Waals surface area contributed by atoms with Gasteiger partial charge in [-0.2, -0.15) is 5.10 Å². The fourth-order valence-corrected chi connectivity index (χ4v) is 2.64. The van der Waals surface area contributed by atoms with Crippen LogP contribution in [-0.2, 0) is 7.05 Å². The predicted molar refractivity (Wildman–Crippen MR) is 94.6 cm³/mol. The molecular weight excluding hydrogens is 336 g/mol. The number of rotatable bonds is 5. The average molecular weight is 352 g/mol. The molecule has 0 spiro atoms. The van der Waals surface area contributed by atoms with Crippen molar-refractivity contribution < 1.29 is 14.0 Å². The monoisotopic (exact) mass is 352 g/mol. The SMILES string of the molecule is COc1cccnc1-c1cc(Nc2cc(OC)c3cnn(C)c3n2)on1. The van der Waals surface area contributed by atoms with Gasteiger partial charge in [0, 0.05) is 25.4 Å². The van der Waals surface area contributed by atoms with Crippen molar-refractivity contribution >= 4 is 22.7 Å². The third-order valence-electron chi connectivity index (χ3n) is 3.88. The number of anilines is 2. The number of aryl methyl sites for hydroxylation is 1. The molecule has 0 saturated carbocycles.